The maximum atomic E-state index is 12.0. The number of alkyl halides is 1. The lowest BCUT2D eigenvalue weighted by Gasteiger charge is -2.23. The maximum Gasteiger partial charge on any atom is 0.348 e. The quantitative estimate of drug-likeness (QED) is 0.289. The number of ether oxygens (including phenoxy) is 1. The second-order valence-electron chi connectivity index (χ2n) is 8.47. The Morgan fingerprint density at radius 1 is 1.09 bits per heavy atom. The minimum absolute atomic E-state index is 0.00863. The normalized spacial score (nSPS) is 22.4. The number of primary amides is 1. The topological polar surface area (TPSA) is 89.6 Å². The first-order chi connectivity index (χ1) is 15.7. The second-order valence-corrected chi connectivity index (χ2v) is 11.1. The van der Waals surface area contributed by atoms with Gasteiger partial charge in [0.05, 0.1) is 12.5 Å². The van der Waals surface area contributed by atoms with Crippen molar-refractivity contribution in [2.75, 3.05) is 6.61 Å². The molecule has 0 saturated heterocycles. The van der Waals surface area contributed by atoms with Gasteiger partial charge in [0.15, 0.2) is 0 Å². The smallest absolute Gasteiger partial charge is 0.348 e. The lowest BCUT2D eigenvalue weighted by atomic mass is 9.85. The summed E-state index contributed by atoms with van der Waals surface area (Å²) in [5.41, 5.74) is 6.11. The molecule has 3 rings (SSSR count). The van der Waals surface area contributed by atoms with Gasteiger partial charge in [-0.25, -0.2) is 4.79 Å². The number of amides is 1. The lowest BCUT2D eigenvalue weighted by Crippen LogP contribution is -2.21. The van der Waals surface area contributed by atoms with E-state index >= 15 is 0 Å². The van der Waals surface area contributed by atoms with Gasteiger partial charge in [-0.1, -0.05) is 23.2 Å². The zero-order valence-electron chi connectivity index (χ0n) is 18.1. The Morgan fingerprint density at radius 2 is 1.82 bits per heavy atom. The van der Waals surface area contributed by atoms with Crippen LogP contribution in [0.3, 0.4) is 0 Å². The first-order valence-electron chi connectivity index (χ1n) is 11.0. The van der Waals surface area contributed by atoms with Crippen molar-refractivity contribution in [1.82, 2.24) is 0 Å². The number of carbonyl (C=O) groups excluding carboxylic acids is 2. The molecule has 1 fully saturated rings. The summed E-state index contributed by atoms with van der Waals surface area (Å²) in [6, 6.07) is 9.21. The van der Waals surface area contributed by atoms with Gasteiger partial charge in [0.25, 0.3) is 0 Å². The van der Waals surface area contributed by atoms with Crippen molar-refractivity contribution in [3.05, 3.63) is 55.7 Å². The number of hydrogen-bond acceptors (Lipinski definition) is 5. The van der Waals surface area contributed by atoms with E-state index in [0.717, 1.165) is 42.5 Å². The van der Waals surface area contributed by atoms with Gasteiger partial charge in [-0.15, -0.1) is 22.9 Å². The third kappa shape index (κ3) is 7.86. The Balaban J connectivity index is 1.49. The number of hydrogen-bond donors (Lipinski definition) is 2. The van der Waals surface area contributed by atoms with Gasteiger partial charge in [-0.05, 0) is 86.3 Å². The molecule has 1 amide bonds. The van der Waals surface area contributed by atoms with Crippen LogP contribution in [0.5, 0.6) is 0 Å². The largest absolute Gasteiger partial charge is 0.461 e. The van der Waals surface area contributed by atoms with Crippen LogP contribution < -0.4 is 5.73 Å². The molecule has 0 unspecified atom stereocenters. The van der Waals surface area contributed by atoms with Crippen LogP contribution in [0.25, 0.3) is 0 Å². The average Bonchev–Trinajstić information content (AvgIpc) is 3.30. The van der Waals surface area contributed by atoms with Crippen LogP contribution in [0.1, 0.15) is 52.2 Å². The molecule has 1 aliphatic rings. The van der Waals surface area contributed by atoms with E-state index < -0.39 is 18.0 Å². The van der Waals surface area contributed by atoms with Crippen LogP contribution in [0.15, 0.2) is 30.3 Å². The van der Waals surface area contributed by atoms with Crippen LogP contribution in [0, 0.1) is 11.8 Å². The maximum absolute atomic E-state index is 12.0. The van der Waals surface area contributed by atoms with Gasteiger partial charge in [0, 0.05) is 20.3 Å². The number of halogens is 3. The summed E-state index contributed by atoms with van der Waals surface area (Å²) >= 11 is 20.2. The third-order valence-corrected chi connectivity index (χ3v) is 8.13. The monoisotopic (exact) mass is 531 g/mol. The van der Waals surface area contributed by atoms with Crippen molar-refractivity contribution in [3.63, 3.8) is 0 Å². The van der Waals surface area contributed by atoms with Gasteiger partial charge in [-0.2, -0.15) is 0 Å². The van der Waals surface area contributed by atoms with Crippen LogP contribution in [-0.4, -0.2) is 35.1 Å². The molecule has 33 heavy (non-hydrogen) atoms. The highest BCUT2D eigenvalue weighted by atomic mass is 35.5. The SMILES string of the molecule is NC(=O)CCOC(=O)c1ccc(CCC[C@@H]2[C@@H](CCc3cc(Cl)cc(Cl)c3)[C@H](O)C[C@H]2Cl)s1. The third-order valence-electron chi connectivity index (χ3n) is 6.07. The second kappa shape index (κ2) is 12.4. The molecule has 9 heteroatoms. The molecule has 4 atom stereocenters. The average molecular weight is 533 g/mol. The predicted molar refractivity (Wildman–Crippen MR) is 133 cm³/mol. The number of esters is 1. The van der Waals surface area contributed by atoms with E-state index in [1.165, 1.54) is 11.3 Å². The predicted octanol–water partition coefficient (Wildman–Crippen LogP) is 5.65. The Labute approximate surface area is 213 Å². The molecule has 0 radical (unpaired) electrons. The summed E-state index contributed by atoms with van der Waals surface area (Å²) in [5.74, 6) is -0.578. The van der Waals surface area contributed by atoms with Gasteiger partial charge in [-0.3, -0.25) is 4.79 Å². The highest BCUT2D eigenvalue weighted by Crippen LogP contribution is 2.42. The van der Waals surface area contributed by atoms with E-state index in [9.17, 15) is 14.7 Å². The molecule has 0 spiro atoms. The van der Waals surface area contributed by atoms with Crippen molar-refractivity contribution in [3.8, 4) is 0 Å². The highest BCUT2D eigenvalue weighted by Gasteiger charge is 2.40. The fourth-order valence-electron chi connectivity index (χ4n) is 4.47. The Bertz CT molecular complexity index is 947. The number of aliphatic hydroxyl groups is 1. The molecule has 3 N–H and O–H groups in total. The van der Waals surface area contributed by atoms with Gasteiger partial charge < -0.3 is 15.6 Å². The summed E-state index contributed by atoms with van der Waals surface area (Å²) in [6.07, 6.45) is 4.47. The molecule has 1 aromatic carbocycles. The Kier molecular flexibility index (Phi) is 9.89. The lowest BCUT2D eigenvalue weighted by molar-refractivity contribution is -0.118. The summed E-state index contributed by atoms with van der Waals surface area (Å²) in [5, 5.41) is 11.8. The summed E-state index contributed by atoms with van der Waals surface area (Å²) in [7, 11) is 0. The summed E-state index contributed by atoms with van der Waals surface area (Å²) in [4.78, 5) is 24.4. The number of carbonyl (C=O) groups is 2. The zero-order chi connectivity index (χ0) is 24.0. The number of thiophene rings is 1. The van der Waals surface area contributed by atoms with E-state index in [1.807, 2.05) is 18.2 Å². The highest BCUT2D eigenvalue weighted by molar-refractivity contribution is 7.13. The van der Waals surface area contributed by atoms with E-state index in [-0.39, 0.29) is 30.2 Å². The number of rotatable bonds is 11. The minimum atomic E-state index is -0.501. The van der Waals surface area contributed by atoms with Gasteiger partial charge in [0.1, 0.15) is 11.5 Å². The fourth-order valence-corrected chi connectivity index (χ4v) is 6.48. The van der Waals surface area contributed by atoms with Crippen molar-refractivity contribution in [2.24, 2.45) is 17.6 Å². The van der Waals surface area contributed by atoms with Crippen LogP contribution in [0.4, 0.5) is 0 Å². The number of benzene rings is 1. The van der Waals surface area contributed by atoms with E-state index in [2.05, 4.69) is 0 Å². The molecule has 180 valence electrons. The van der Waals surface area contributed by atoms with Crippen molar-refractivity contribution < 1.29 is 19.4 Å². The number of aliphatic hydroxyl groups excluding tert-OH is 1. The van der Waals surface area contributed by atoms with Gasteiger partial charge >= 0.3 is 5.97 Å². The van der Waals surface area contributed by atoms with Gasteiger partial charge in [0.2, 0.25) is 5.91 Å². The summed E-state index contributed by atoms with van der Waals surface area (Å²) in [6.45, 7) is -0.00863. The molecule has 1 heterocycles. The minimum Gasteiger partial charge on any atom is -0.461 e. The molecule has 0 aliphatic heterocycles. The van der Waals surface area contributed by atoms with Crippen LogP contribution >= 0.6 is 46.1 Å². The first-order valence-corrected chi connectivity index (χ1v) is 13.0. The Hall–Kier alpha value is -1.31. The molecule has 1 saturated carbocycles. The number of nitrogens with two attached hydrogens (primary N) is 1. The van der Waals surface area contributed by atoms with Crippen molar-refractivity contribution in [1.29, 1.82) is 0 Å². The molecular formula is C24H28Cl3NO4S. The van der Waals surface area contributed by atoms with E-state index in [0.29, 0.717) is 21.3 Å². The zero-order valence-corrected chi connectivity index (χ0v) is 21.2. The summed E-state index contributed by atoms with van der Waals surface area (Å²) < 4.78 is 5.06. The number of aryl methyl sites for hydroxylation is 2. The molecule has 0 bridgehead atoms. The van der Waals surface area contributed by atoms with Crippen LogP contribution in [-0.2, 0) is 22.4 Å². The van der Waals surface area contributed by atoms with Crippen molar-refractivity contribution in [2.45, 2.75) is 56.4 Å². The molecule has 1 aromatic heterocycles. The molecule has 2 aromatic rings. The fraction of sp³-hybridized carbons (Fsp3) is 0.500. The van der Waals surface area contributed by atoms with Crippen LogP contribution in [0.2, 0.25) is 10.0 Å². The standard InChI is InChI=1S/C24H28Cl3NO4S/c25-15-10-14(11-16(26)12-15)4-6-19-18(20(27)13-21(19)29)3-1-2-17-5-7-22(33-17)24(31)32-9-8-23(28)30/h5,7,10-12,18-21,29H,1-4,6,8-9,13H2,(H2,28,30)/t18-,19-,20-,21-/m1/s1. The van der Waals surface area contributed by atoms with E-state index in [1.54, 1.807) is 12.1 Å². The molecule has 1 aliphatic carbocycles. The Morgan fingerprint density at radius 3 is 2.52 bits per heavy atom. The van der Waals surface area contributed by atoms with Crippen molar-refractivity contribution >= 4 is 58.0 Å². The first kappa shape index (κ1) is 26.3. The molecular weight excluding hydrogens is 505 g/mol. The van der Waals surface area contributed by atoms with E-state index in [4.69, 9.17) is 45.3 Å². The molecule has 5 nitrogen and oxygen atoms in total.